The van der Waals surface area contributed by atoms with E-state index in [1.165, 1.54) is 12.1 Å². The Balaban J connectivity index is 2.13. The fourth-order valence-electron chi connectivity index (χ4n) is 2.60. The second-order valence-electron chi connectivity index (χ2n) is 5.64. The highest BCUT2D eigenvalue weighted by Gasteiger charge is 2.26. The molecule has 8 heteroatoms. The molecule has 26 heavy (non-hydrogen) atoms. The summed E-state index contributed by atoms with van der Waals surface area (Å²) in [6.07, 6.45) is 0. The van der Waals surface area contributed by atoms with E-state index >= 15 is 0 Å². The molecular weight excluding hydrogens is 379 g/mol. The van der Waals surface area contributed by atoms with E-state index in [0.29, 0.717) is 27.2 Å². The largest absolute Gasteiger partial charge is 0.419 e. The Hall–Kier alpha value is -2.70. The summed E-state index contributed by atoms with van der Waals surface area (Å²) < 4.78 is 5.40. The SMILES string of the molecule is Cc1ccc2c(Cl)cc(Cl)c(OC(=O)c3cccc(C)c3[N+](=O)[O-])c2n1. The molecule has 0 atom stereocenters. The summed E-state index contributed by atoms with van der Waals surface area (Å²) in [5.41, 5.74) is 0.865. The van der Waals surface area contributed by atoms with Crippen molar-refractivity contribution in [1.82, 2.24) is 4.98 Å². The van der Waals surface area contributed by atoms with Crippen LogP contribution in [0.25, 0.3) is 10.9 Å². The molecule has 0 unspecified atom stereocenters. The van der Waals surface area contributed by atoms with Crippen LogP contribution in [0.1, 0.15) is 21.6 Å². The van der Waals surface area contributed by atoms with Crippen molar-refractivity contribution in [1.29, 1.82) is 0 Å². The number of rotatable bonds is 3. The number of esters is 1. The highest BCUT2D eigenvalue weighted by atomic mass is 35.5. The second kappa shape index (κ2) is 6.90. The van der Waals surface area contributed by atoms with E-state index in [0.717, 1.165) is 0 Å². The zero-order valence-corrected chi connectivity index (χ0v) is 15.3. The van der Waals surface area contributed by atoms with Gasteiger partial charge < -0.3 is 4.74 Å². The molecule has 1 aromatic heterocycles. The molecule has 0 spiro atoms. The molecule has 6 nitrogen and oxygen atoms in total. The van der Waals surface area contributed by atoms with Crippen molar-refractivity contribution in [3.8, 4) is 5.75 Å². The Labute approximate surface area is 158 Å². The summed E-state index contributed by atoms with van der Waals surface area (Å²) in [7, 11) is 0. The summed E-state index contributed by atoms with van der Waals surface area (Å²) in [4.78, 5) is 27.6. The van der Waals surface area contributed by atoms with E-state index in [1.54, 1.807) is 38.1 Å². The molecular formula is C18H12Cl2N2O4. The fourth-order valence-corrected chi connectivity index (χ4v) is 3.16. The number of nitro groups is 1. The second-order valence-corrected chi connectivity index (χ2v) is 6.45. The molecule has 0 N–H and O–H groups in total. The number of nitrogens with zero attached hydrogens (tertiary/aromatic N) is 2. The number of nitro benzene ring substituents is 1. The normalized spacial score (nSPS) is 10.8. The van der Waals surface area contributed by atoms with Crippen molar-refractivity contribution in [2.24, 2.45) is 0 Å². The predicted molar refractivity (Wildman–Crippen MR) is 99.3 cm³/mol. The van der Waals surface area contributed by atoms with Crippen molar-refractivity contribution in [2.45, 2.75) is 13.8 Å². The maximum absolute atomic E-state index is 12.6. The lowest BCUT2D eigenvalue weighted by atomic mass is 10.1. The first-order valence-corrected chi connectivity index (χ1v) is 8.26. The zero-order valence-electron chi connectivity index (χ0n) is 13.7. The number of fused-ring (bicyclic) bond motifs is 1. The summed E-state index contributed by atoms with van der Waals surface area (Å²) in [6, 6.07) is 9.36. The monoisotopic (exact) mass is 390 g/mol. The lowest BCUT2D eigenvalue weighted by Crippen LogP contribution is -2.12. The van der Waals surface area contributed by atoms with Crippen molar-refractivity contribution < 1.29 is 14.5 Å². The van der Waals surface area contributed by atoms with E-state index in [4.69, 9.17) is 27.9 Å². The number of halogens is 2. The van der Waals surface area contributed by atoms with E-state index in [9.17, 15) is 14.9 Å². The molecule has 3 rings (SSSR count). The molecule has 0 fully saturated rings. The Morgan fingerprint density at radius 2 is 1.88 bits per heavy atom. The summed E-state index contributed by atoms with van der Waals surface area (Å²) in [5, 5.41) is 12.3. The number of aromatic nitrogens is 1. The van der Waals surface area contributed by atoms with Crippen LogP contribution < -0.4 is 4.74 Å². The molecule has 1 heterocycles. The summed E-state index contributed by atoms with van der Waals surface area (Å²) in [5.74, 6) is -0.884. The third kappa shape index (κ3) is 3.21. The van der Waals surface area contributed by atoms with Gasteiger partial charge in [-0.25, -0.2) is 9.78 Å². The number of carbonyl (C=O) groups is 1. The molecule has 132 valence electrons. The first kappa shape index (κ1) is 18.1. The number of para-hydroxylation sites is 1. The van der Waals surface area contributed by atoms with E-state index in [1.807, 2.05) is 0 Å². The fraction of sp³-hybridized carbons (Fsp3) is 0.111. The van der Waals surface area contributed by atoms with Gasteiger partial charge in [0.15, 0.2) is 5.75 Å². The van der Waals surface area contributed by atoms with Crippen LogP contribution in [0.4, 0.5) is 5.69 Å². The van der Waals surface area contributed by atoms with Gasteiger partial charge in [-0.1, -0.05) is 35.3 Å². The van der Waals surface area contributed by atoms with E-state index < -0.39 is 10.9 Å². The highest BCUT2D eigenvalue weighted by Crippen LogP contribution is 2.38. The molecule has 0 aliphatic rings. The average molecular weight is 391 g/mol. The van der Waals surface area contributed by atoms with Crippen molar-refractivity contribution in [3.63, 3.8) is 0 Å². The first-order valence-electron chi connectivity index (χ1n) is 7.51. The van der Waals surface area contributed by atoms with Gasteiger partial charge in [-0.15, -0.1) is 0 Å². The molecule has 0 radical (unpaired) electrons. The van der Waals surface area contributed by atoms with Gasteiger partial charge >= 0.3 is 5.97 Å². The quantitative estimate of drug-likeness (QED) is 0.262. The first-order chi connectivity index (χ1) is 12.3. The topological polar surface area (TPSA) is 82.3 Å². The number of carbonyl (C=O) groups excluding carboxylic acids is 1. The minimum atomic E-state index is -0.894. The lowest BCUT2D eigenvalue weighted by Gasteiger charge is -2.11. The smallest absolute Gasteiger partial charge is 0.350 e. The molecule has 0 aliphatic heterocycles. The Bertz CT molecular complexity index is 1070. The molecule has 2 aromatic carbocycles. The Morgan fingerprint density at radius 3 is 2.58 bits per heavy atom. The van der Waals surface area contributed by atoms with Gasteiger partial charge in [0.2, 0.25) is 0 Å². The Morgan fingerprint density at radius 1 is 1.15 bits per heavy atom. The number of aryl methyl sites for hydroxylation is 2. The minimum absolute atomic E-state index is 0.00979. The van der Waals surface area contributed by atoms with Crippen LogP contribution in [0.15, 0.2) is 36.4 Å². The van der Waals surface area contributed by atoms with Crippen LogP contribution in [0.5, 0.6) is 5.75 Å². The number of hydrogen-bond donors (Lipinski definition) is 0. The van der Waals surface area contributed by atoms with Crippen LogP contribution in [-0.4, -0.2) is 15.9 Å². The minimum Gasteiger partial charge on any atom is -0.419 e. The number of pyridine rings is 1. The standard InChI is InChI=1S/C18H12Cl2N2O4/c1-9-4-3-5-12(16(9)22(24)25)18(23)26-17-14(20)8-13(19)11-7-6-10(2)21-15(11)17/h3-8H,1-2H3. The van der Waals surface area contributed by atoms with Gasteiger partial charge in [0.1, 0.15) is 11.1 Å². The third-order valence-corrected chi connectivity index (χ3v) is 4.41. The number of ether oxygens (including phenoxy) is 1. The van der Waals surface area contributed by atoms with Gasteiger partial charge in [-0.3, -0.25) is 10.1 Å². The number of hydrogen-bond acceptors (Lipinski definition) is 5. The maximum atomic E-state index is 12.6. The molecule has 3 aromatic rings. The van der Waals surface area contributed by atoms with Crippen LogP contribution in [0.2, 0.25) is 10.0 Å². The van der Waals surface area contributed by atoms with Gasteiger partial charge in [-0.2, -0.15) is 0 Å². The van der Waals surface area contributed by atoms with Gasteiger partial charge in [-0.05, 0) is 38.1 Å². The van der Waals surface area contributed by atoms with E-state index in [2.05, 4.69) is 4.98 Å². The van der Waals surface area contributed by atoms with Crippen molar-refractivity contribution in [2.75, 3.05) is 0 Å². The number of benzene rings is 2. The van der Waals surface area contributed by atoms with Crippen molar-refractivity contribution >= 4 is 45.8 Å². The summed E-state index contributed by atoms with van der Waals surface area (Å²) >= 11 is 12.4. The van der Waals surface area contributed by atoms with Gasteiger partial charge in [0, 0.05) is 16.6 Å². The average Bonchev–Trinajstić information content (AvgIpc) is 2.57. The van der Waals surface area contributed by atoms with Crippen LogP contribution in [-0.2, 0) is 0 Å². The van der Waals surface area contributed by atoms with Crippen LogP contribution in [0, 0.1) is 24.0 Å². The zero-order chi connectivity index (χ0) is 19.0. The maximum Gasteiger partial charge on any atom is 0.350 e. The highest BCUT2D eigenvalue weighted by molar-refractivity contribution is 6.39. The molecule has 0 amide bonds. The van der Waals surface area contributed by atoms with Crippen LogP contribution >= 0.6 is 23.2 Å². The molecule has 0 aliphatic carbocycles. The molecule has 0 bridgehead atoms. The predicted octanol–water partition coefficient (Wildman–Crippen LogP) is 5.29. The van der Waals surface area contributed by atoms with Gasteiger partial charge in [0.25, 0.3) is 5.69 Å². The Kier molecular flexibility index (Phi) is 4.80. The van der Waals surface area contributed by atoms with Crippen LogP contribution in [0.3, 0.4) is 0 Å². The van der Waals surface area contributed by atoms with E-state index in [-0.39, 0.29) is 22.0 Å². The lowest BCUT2D eigenvalue weighted by molar-refractivity contribution is -0.385. The van der Waals surface area contributed by atoms with Crippen molar-refractivity contribution in [3.05, 3.63) is 73.4 Å². The molecule has 0 saturated carbocycles. The summed E-state index contributed by atoms with van der Waals surface area (Å²) in [6.45, 7) is 3.32. The third-order valence-electron chi connectivity index (χ3n) is 3.81. The van der Waals surface area contributed by atoms with Gasteiger partial charge in [0.05, 0.1) is 15.0 Å². The molecule has 0 saturated heterocycles.